The number of carbonyl (C=O) groups excluding carboxylic acids is 5. The minimum atomic E-state index is -1.99. The summed E-state index contributed by atoms with van der Waals surface area (Å²) in [6.45, 7) is 26.0. The van der Waals surface area contributed by atoms with E-state index in [1.165, 1.54) is 35.2 Å². The van der Waals surface area contributed by atoms with Gasteiger partial charge >= 0.3 is 18.0 Å². The van der Waals surface area contributed by atoms with Crippen LogP contribution in [0.5, 0.6) is 0 Å². The zero-order valence-electron chi connectivity index (χ0n) is 52.7. The van der Waals surface area contributed by atoms with E-state index >= 15 is 9.59 Å². The molecule has 2 amide bonds. The minimum absolute atomic E-state index is 0.00687. The average molecular weight is 1190 g/mol. The molecule has 1 aromatic carbocycles. The number of amides is 2. The molecule has 23 nitrogen and oxygen atoms in total. The van der Waals surface area contributed by atoms with Gasteiger partial charge in [0.1, 0.15) is 43.7 Å². The van der Waals surface area contributed by atoms with Crippen LogP contribution in [0.25, 0.3) is 0 Å². The molecule has 1 unspecified atom stereocenters. The molecule has 0 saturated carbocycles. The lowest BCUT2D eigenvalue weighted by Gasteiger charge is -2.45. The minimum Gasteiger partial charge on any atom is -0.461 e. The Bertz CT molecular complexity index is 2280. The highest BCUT2D eigenvalue weighted by molar-refractivity contribution is 5.91. The summed E-state index contributed by atoms with van der Waals surface area (Å²) in [7, 11) is 4.27. The third-order valence-electron chi connectivity index (χ3n) is 16.8. The number of carbonyl (C=O) groups is 5. The van der Waals surface area contributed by atoms with Crippen molar-refractivity contribution < 1.29 is 91.1 Å². The molecule has 4 fully saturated rings. The van der Waals surface area contributed by atoms with Crippen LogP contribution in [-0.2, 0) is 82.7 Å². The maximum absolute atomic E-state index is 15.9. The van der Waals surface area contributed by atoms with E-state index in [9.17, 15) is 24.6 Å². The summed E-state index contributed by atoms with van der Waals surface area (Å²) in [5.41, 5.74) is -0.937. The Balaban J connectivity index is 1.70. The van der Waals surface area contributed by atoms with E-state index in [-0.39, 0.29) is 62.1 Å². The SMILES string of the molecule is CON=C1C[C@@H](C)O[C@@H](O[C@@H]2[C@@H](C)[C@H](O[C@H]3CC(C)N(CCNC(C)=O)C[C@H](C)O3)[C@@H](C)C(=O)O[C@H]([C@@H](C)CO[C@@H]3O[C@H](C)[C@@H](O)[C@@H](OC)[C@H]3OC)[C@H](C)[C@@H](OC(=O)CC(C)C)[C@@H](C)C(=O)[C@@](C)(OC(=O)NCc3ccccc3)C[C@@H]2C)[C@@H]1O. The quantitative estimate of drug-likeness (QED) is 0.0691. The number of aliphatic hydroxyl groups is 2. The smallest absolute Gasteiger partial charge is 0.408 e. The Hall–Kier alpha value is -4.40. The first-order valence-corrected chi connectivity index (χ1v) is 30.0. The van der Waals surface area contributed by atoms with Crippen LogP contribution < -0.4 is 10.6 Å². The highest BCUT2D eigenvalue weighted by Gasteiger charge is 2.53. The normalized spacial score (nSPS) is 37.7. The van der Waals surface area contributed by atoms with Gasteiger partial charge in [0.15, 0.2) is 30.3 Å². The number of hydrogen-bond donors (Lipinski definition) is 4. The van der Waals surface area contributed by atoms with E-state index in [0.29, 0.717) is 26.1 Å². The highest BCUT2D eigenvalue weighted by atomic mass is 16.7. The first kappa shape index (κ1) is 70.4. The molecule has 0 radical (unpaired) electrons. The summed E-state index contributed by atoms with van der Waals surface area (Å²) >= 11 is 0. The summed E-state index contributed by atoms with van der Waals surface area (Å²) < 4.78 is 70.7. The van der Waals surface area contributed by atoms with Crippen molar-refractivity contribution in [3.63, 3.8) is 0 Å². The zero-order valence-corrected chi connectivity index (χ0v) is 52.7. The van der Waals surface area contributed by atoms with Crippen LogP contribution in [0.2, 0.25) is 0 Å². The molecular weight excluding hydrogens is 1090 g/mol. The topological polar surface area (TPSA) is 276 Å². The molecule has 0 aromatic heterocycles. The molecule has 0 spiro atoms. The fourth-order valence-electron chi connectivity index (χ4n) is 12.3. The highest BCUT2D eigenvalue weighted by Crippen LogP contribution is 2.40. The van der Waals surface area contributed by atoms with Gasteiger partial charge in [-0.15, -0.1) is 0 Å². The van der Waals surface area contributed by atoms with Gasteiger partial charge in [-0.1, -0.05) is 84.0 Å². The fraction of sp³-hybridized carbons (Fsp3) is 0.803. The Kier molecular flexibility index (Phi) is 27.3. The van der Waals surface area contributed by atoms with Crippen molar-refractivity contribution >= 4 is 35.4 Å². The Labute approximate surface area is 497 Å². The van der Waals surface area contributed by atoms with Crippen molar-refractivity contribution in [2.75, 3.05) is 47.6 Å². The number of rotatable bonds is 20. The predicted molar refractivity (Wildman–Crippen MR) is 308 cm³/mol. The molecule has 1 aromatic rings. The number of nitrogens with one attached hydrogen (secondary N) is 2. The molecule has 4 aliphatic heterocycles. The number of alkyl carbamates (subject to hydrolysis) is 1. The lowest BCUT2D eigenvalue weighted by atomic mass is 9.74. The summed E-state index contributed by atoms with van der Waals surface area (Å²) in [4.78, 5) is 79.0. The van der Waals surface area contributed by atoms with Gasteiger partial charge in [0.2, 0.25) is 5.91 Å². The number of Topliss-reactive ketones (excluding diaryl/α,β-unsaturated/α-hetero) is 1. The van der Waals surface area contributed by atoms with Crippen LogP contribution in [0.3, 0.4) is 0 Å². The number of oxime groups is 1. The van der Waals surface area contributed by atoms with E-state index < -0.39 is 145 Å². The van der Waals surface area contributed by atoms with Crippen LogP contribution in [-0.4, -0.2) is 196 Å². The van der Waals surface area contributed by atoms with Crippen molar-refractivity contribution in [2.24, 2.45) is 46.6 Å². The third-order valence-corrected chi connectivity index (χ3v) is 16.8. The number of ketones is 1. The molecule has 478 valence electrons. The van der Waals surface area contributed by atoms with Crippen LogP contribution in [0, 0.1) is 41.4 Å². The molecule has 4 N–H and O–H groups in total. The zero-order chi connectivity index (χ0) is 62.3. The van der Waals surface area contributed by atoms with Gasteiger partial charge in [-0.25, -0.2) is 4.79 Å². The van der Waals surface area contributed by atoms with Gasteiger partial charge in [0, 0.05) is 90.4 Å². The van der Waals surface area contributed by atoms with Gasteiger partial charge in [-0.3, -0.25) is 24.1 Å². The summed E-state index contributed by atoms with van der Waals surface area (Å²) in [6, 6.07) is 9.07. The Morgan fingerprint density at radius 3 is 2.12 bits per heavy atom. The molecule has 84 heavy (non-hydrogen) atoms. The van der Waals surface area contributed by atoms with E-state index in [2.05, 4.69) is 20.7 Å². The Morgan fingerprint density at radius 1 is 0.810 bits per heavy atom. The van der Waals surface area contributed by atoms with E-state index in [1.54, 1.807) is 41.5 Å². The van der Waals surface area contributed by atoms with Crippen LogP contribution in [0.1, 0.15) is 128 Å². The molecule has 0 aliphatic carbocycles. The van der Waals surface area contributed by atoms with Crippen molar-refractivity contribution in [3.05, 3.63) is 35.9 Å². The van der Waals surface area contributed by atoms with Crippen molar-refractivity contribution in [3.8, 4) is 0 Å². The average Bonchev–Trinajstić information content (AvgIpc) is 2.03. The predicted octanol–water partition coefficient (Wildman–Crippen LogP) is 5.71. The number of hydrogen-bond acceptors (Lipinski definition) is 21. The maximum atomic E-state index is 15.9. The molecular formula is C61H100N4O19. The second-order valence-corrected chi connectivity index (χ2v) is 24.5. The Morgan fingerprint density at radius 2 is 1.49 bits per heavy atom. The van der Waals surface area contributed by atoms with Crippen LogP contribution in [0.4, 0.5) is 4.79 Å². The number of benzene rings is 1. The second kappa shape index (κ2) is 32.5. The first-order chi connectivity index (χ1) is 39.6. The van der Waals surface area contributed by atoms with E-state index in [4.69, 9.17) is 56.9 Å². The standard InChI is InChI=1S/C61H100N4O19/c1-32(2)25-46(67)80-52-39(9)51(34(4)31-76-59-55(74-16)54(73-15)48(68)42(12)79-59)82-57(71)41(11)53(81-47-26-35(5)65(30-37(7)77-47)24-23-62-43(13)66)38(8)50(83-58-49(69)45(64-75-17)27-36(6)78-58)33(3)28-61(14,56(70)40(52)10)84-60(72)63-29-44-21-19-18-20-22-44/h18-22,32-42,47-55,58-59,68-69H,23-31H2,1-17H3,(H,62,66)(H,63,72)/t33-,34-,35?,36+,37-,38+,39-,40+,41+,42+,47-,48+,49+,50-,51+,52+,53-,54+,55+,58-,59+,61-/m0/s1. The molecule has 4 heterocycles. The number of methoxy groups -OCH3 is 2. The second-order valence-electron chi connectivity index (χ2n) is 24.5. The van der Waals surface area contributed by atoms with E-state index in [0.717, 1.165) is 5.56 Å². The molecule has 22 atom stereocenters. The van der Waals surface area contributed by atoms with Crippen molar-refractivity contribution in [2.45, 2.75) is 227 Å². The van der Waals surface area contributed by atoms with Gasteiger partial charge in [-0.2, -0.15) is 0 Å². The molecule has 5 rings (SSSR count). The largest absolute Gasteiger partial charge is 0.461 e. The van der Waals surface area contributed by atoms with Crippen molar-refractivity contribution in [1.29, 1.82) is 0 Å². The van der Waals surface area contributed by atoms with Crippen LogP contribution in [0.15, 0.2) is 35.5 Å². The summed E-state index contributed by atoms with van der Waals surface area (Å²) in [5.74, 6) is -7.82. The maximum Gasteiger partial charge on any atom is 0.408 e. The fourth-order valence-corrected chi connectivity index (χ4v) is 12.3. The van der Waals surface area contributed by atoms with Crippen LogP contribution >= 0.6 is 0 Å². The van der Waals surface area contributed by atoms with E-state index in [1.807, 2.05) is 71.9 Å². The lowest BCUT2D eigenvalue weighted by Crippen LogP contribution is -2.59. The summed E-state index contributed by atoms with van der Waals surface area (Å²) in [5, 5.41) is 32.6. The third kappa shape index (κ3) is 19.1. The molecule has 0 bridgehead atoms. The number of aliphatic hydroxyl groups excluding tert-OH is 2. The molecule has 23 heteroatoms. The monoisotopic (exact) mass is 1190 g/mol. The van der Waals surface area contributed by atoms with Crippen molar-refractivity contribution in [1.82, 2.24) is 15.5 Å². The lowest BCUT2D eigenvalue weighted by molar-refractivity contribution is -0.305. The van der Waals surface area contributed by atoms with Gasteiger partial charge in [0.05, 0.1) is 54.7 Å². The van der Waals surface area contributed by atoms with Gasteiger partial charge in [-0.05, 0) is 65.4 Å². The number of esters is 2. The summed E-state index contributed by atoms with van der Waals surface area (Å²) in [6.07, 6.45) is -14.2. The number of nitrogens with zero attached hydrogens (tertiary/aromatic N) is 2. The van der Waals surface area contributed by atoms with Gasteiger partial charge in [0.25, 0.3) is 0 Å². The molecule has 4 saturated heterocycles. The molecule has 4 aliphatic rings. The number of ether oxygens (including phenoxy) is 11. The first-order valence-electron chi connectivity index (χ1n) is 30.0. The van der Waals surface area contributed by atoms with Gasteiger partial charge < -0.3 is 77.8 Å². The number of cyclic esters (lactones) is 1.